The number of amides is 1. The number of nitrogens with zero attached hydrogens (tertiary/aromatic N) is 2. The van der Waals surface area contributed by atoms with Crippen LogP contribution < -0.4 is 5.32 Å². The molecule has 1 aromatic heterocycles. The van der Waals surface area contributed by atoms with Gasteiger partial charge < -0.3 is 5.32 Å². The Morgan fingerprint density at radius 2 is 1.87 bits per heavy atom. The quantitative estimate of drug-likeness (QED) is 0.936. The number of benzene rings is 1. The lowest BCUT2D eigenvalue weighted by Crippen LogP contribution is -2.27. The van der Waals surface area contributed by atoms with Crippen LogP contribution in [-0.2, 0) is 4.79 Å². The Morgan fingerprint density at radius 3 is 2.57 bits per heavy atom. The Kier molecular flexibility index (Phi) is 4.68. The minimum absolute atomic E-state index is 0.0131. The molecular weight excluding hydrogens is 286 g/mol. The second-order valence-corrected chi connectivity index (χ2v) is 5.99. The molecule has 0 bridgehead atoms. The number of carbonyl (C=O) groups excluding carboxylic acids is 1. The Morgan fingerprint density at radius 1 is 1.13 bits per heavy atom. The topological polar surface area (TPSA) is 65.8 Å². The van der Waals surface area contributed by atoms with Crippen LogP contribution in [0.3, 0.4) is 0 Å². The second-order valence-electron chi connectivity index (χ2n) is 5.99. The number of nitriles is 1. The Balaban J connectivity index is 1.57. The Labute approximate surface area is 136 Å². The summed E-state index contributed by atoms with van der Waals surface area (Å²) in [5, 5.41) is 11.7. The Hall–Kier alpha value is -2.67. The molecule has 23 heavy (non-hydrogen) atoms. The van der Waals surface area contributed by atoms with Gasteiger partial charge in [0.15, 0.2) is 0 Å². The fraction of sp³-hybridized carbons (Fsp3) is 0.316. The van der Waals surface area contributed by atoms with Crippen LogP contribution in [0.5, 0.6) is 0 Å². The average Bonchev–Trinajstić information content (AvgIpc) is 2.63. The maximum absolute atomic E-state index is 12.4. The highest BCUT2D eigenvalue weighted by Crippen LogP contribution is 2.36. The van der Waals surface area contributed by atoms with Crippen molar-refractivity contribution in [1.29, 1.82) is 5.26 Å². The molecule has 0 atom stereocenters. The first-order valence-electron chi connectivity index (χ1n) is 7.98. The third-order valence-electron chi connectivity index (χ3n) is 4.51. The first-order valence-corrected chi connectivity index (χ1v) is 7.98. The molecule has 0 saturated heterocycles. The van der Waals surface area contributed by atoms with Gasteiger partial charge >= 0.3 is 0 Å². The number of hydrogen-bond donors (Lipinski definition) is 1. The molecule has 1 fully saturated rings. The maximum atomic E-state index is 12.4. The summed E-state index contributed by atoms with van der Waals surface area (Å²) in [4.78, 5) is 16.5. The van der Waals surface area contributed by atoms with E-state index in [1.165, 1.54) is 5.56 Å². The minimum atomic E-state index is 0.0131. The van der Waals surface area contributed by atoms with Crippen molar-refractivity contribution in [3.63, 3.8) is 0 Å². The molecule has 1 amide bonds. The van der Waals surface area contributed by atoms with Crippen LogP contribution >= 0.6 is 0 Å². The van der Waals surface area contributed by atoms with Crippen molar-refractivity contribution in [2.24, 2.45) is 5.92 Å². The van der Waals surface area contributed by atoms with E-state index in [2.05, 4.69) is 40.6 Å². The normalized spacial score (nSPS) is 20.5. The van der Waals surface area contributed by atoms with Gasteiger partial charge in [0.05, 0.1) is 11.6 Å². The highest BCUT2D eigenvalue weighted by Gasteiger charge is 2.27. The standard InChI is InChI=1S/C19H19N3O/c20-13-14-10-11-21-18(12-14)22-19(23)17-8-6-16(7-9-17)15-4-2-1-3-5-15/h1-5,10-12,16-17H,6-9H2,(H,21,22,23). The number of rotatable bonds is 3. The third kappa shape index (κ3) is 3.75. The van der Waals surface area contributed by atoms with Crippen molar-refractivity contribution in [3.05, 3.63) is 59.8 Å². The van der Waals surface area contributed by atoms with Crippen LogP contribution in [-0.4, -0.2) is 10.9 Å². The molecule has 0 spiro atoms. The number of hydrogen-bond acceptors (Lipinski definition) is 3. The van der Waals surface area contributed by atoms with Crippen molar-refractivity contribution in [2.75, 3.05) is 5.32 Å². The van der Waals surface area contributed by atoms with Gasteiger partial charge in [-0.2, -0.15) is 5.26 Å². The first kappa shape index (κ1) is 15.2. The highest BCUT2D eigenvalue weighted by molar-refractivity contribution is 5.91. The van der Waals surface area contributed by atoms with E-state index in [1.807, 2.05) is 6.07 Å². The zero-order valence-electron chi connectivity index (χ0n) is 12.9. The molecular formula is C19H19N3O. The van der Waals surface area contributed by atoms with Crippen LogP contribution in [0.4, 0.5) is 5.82 Å². The lowest BCUT2D eigenvalue weighted by Gasteiger charge is -2.28. The second kappa shape index (κ2) is 7.06. The number of carbonyl (C=O) groups is 1. The van der Waals surface area contributed by atoms with Gasteiger partial charge in [0.1, 0.15) is 5.82 Å². The zero-order chi connectivity index (χ0) is 16.1. The van der Waals surface area contributed by atoms with Gasteiger partial charge in [-0.25, -0.2) is 4.98 Å². The molecule has 1 aliphatic carbocycles. The smallest absolute Gasteiger partial charge is 0.228 e. The van der Waals surface area contributed by atoms with E-state index in [9.17, 15) is 4.79 Å². The molecule has 1 saturated carbocycles. The molecule has 0 unspecified atom stereocenters. The van der Waals surface area contributed by atoms with Crippen LogP contribution in [0.15, 0.2) is 48.7 Å². The van der Waals surface area contributed by atoms with Crippen molar-refractivity contribution in [1.82, 2.24) is 4.98 Å². The van der Waals surface area contributed by atoms with Crippen LogP contribution in [0.25, 0.3) is 0 Å². The number of pyridine rings is 1. The third-order valence-corrected chi connectivity index (χ3v) is 4.51. The SMILES string of the molecule is N#Cc1ccnc(NC(=O)C2CCC(c3ccccc3)CC2)c1. The average molecular weight is 305 g/mol. The molecule has 3 rings (SSSR count). The van der Waals surface area contributed by atoms with Gasteiger partial charge in [0.25, 0.3) is 0 Å². The molecule has 4 nitrogen and oxygen atoms in total. The lowest BCUT2D eigenvalue weighted by molar-refractivity contribution is -0.120. The number of aromatic nitrogens is 1. The molecule has 1 N–H and O–H groups in total. The fourth-order valence-corrected chi connectivity index (χ4v) is 3.21. The molecule has 2 aromatic rings. The largest absolute Gasteiger partial charge is 0.310 e. The van der Waals surface area contributed by atoms with E-state index in [0.29, 0.717) is 17.3 Å². The number of nitrogens with one attached hydrogen (secondary N) is 1. The van der Waals surface area contributed by atoms with Crippen molar-refractivity contribution in [3.8, 4) is 6.07 Å². The fourth-order valence-electron chi connectivity index (χ4n) is 3.21. The molecule has 0 radical (unpaired) electrons. The van der Waals surface area contributed by atoms with Crippen LogP contribution in [0.1, 0.15) is 42.7 Å². The maximum Gasteiger partial charge on any atom is 0.228 e. The molecule has 4 heteroatoms. The number of anilines is 1. The van der Waals surface area contributed by atoms with Gasteiger partial charge in [0.2, 0.25) is 5.91 Å². The van der Waals surface area contributed by atoms with Gasteiger partial charge in [0, 0.05) is 12.1 Å². The van der Waals surface area contributed by atoms with Crippen LogP contribution in [0, 0.1) is 17.2 Å². The van der Waals surface area contributed by atoms with Gasteiger partial charge in [-0.15, -0.1) is 0 Å². The van der Waals surface area contributed by atoms with Crippen molar-refractivity contribution < 1.29 is 4.79 Å². The first-order chi connectivity index (χ1) is 11.3. The van der Waals surface area contributed by atoms with E-state index in [0.717, 1.165) is 25.7 Å². The summed E-state index contributed by atoms with van der Waals surface area (Å²) in [6.45, 7) is 0. The zero-order valence-corrected chi connectivity index (χ0v) is 12.9. The van der Waals surface area contributed by atoms with E-state index in [-0.39, 0.29) is 11.8 Å². The molecule has 116 valence electrons. The minimum Gasteiger partial charge on any atom is -0.310 e. The Bertz CT molecular complexity index is 713. The summed E-state index contributed by atoms with van der Waals surface area (Å²) in [6.07, 6.45) is 5.40. The summed E-state index contributed by atoms with van der Waals surface area (Å²) in [6, 6.07) is 15.8. The summed E-state index contributed by atoms with van der Waals surface area (Å²) >= 11 is 0. The van der Waals surface area contributed by atoms with E-state index >= 15 is 0 Å². The van der Waals surface area contributed by atoms with Crippen LogP contribution in [0.2, 0.25) is 0 Å². The monoisotopic (exact) mass is 305 g/mol. The summed E-state index contributed by atoms with van der Waals surface area (Å²) < 4.78 is 0. The summed E-state index contributed by atoms with van der Waals surface area (Å²) in [5.41, 5.74) is 1.87. The summed E-state index contributed by atoms with van der Waals surface area (Å²) in [5.74, 6) is 1.06. The predicted octanol–water partition coefficient (Wildman–Crippen LogP) is 3.87. The predicted molar refractivity (Wildman–Crippen MR) is 88.7 cm³/mol. The van der Waals surface area contributed by atoms with E-state index in [4.69, 9.17) is 5.26 Å². The molecule has 1 aliphatic rings. The van der Waals surface area contributed by atoms with Gasteiger partial charge in [-0.05, 0) is 49.3 Å². The van der Waals surface area contributed by atoms with Gasteiger partial charge in [-0.1, -0.05) is 30.3 Å². The van der Waals surface area contributed by atoms with Crippen molar-refractivity contribution in [2.45, 2.75) is 31.6 Å². The van der Waals surface area contributed by atoms with Crippen molar-refractivity contribution >= 4 is 11.7 Å². The van der Waals surface area contributed by atoms with E-state index in [1.54, 1.807) is 18.3 Å². The van der Waals surface area contributed by atoms with E-state index < -0.39 is 0 Å². The highest BCUT2D eigenvalue weighted by atomic mass is 16.1. The lowest BCUT2D eigenvalue weighted by atomic mass is 9.78. The summed E-state index contributed by atoms with van der Waals surface area (Å²) in [7, 11) is 0. The molecule has 1 heterocycles. The van der Waals surface area contributed by atoms with Gasteiger partial charge in [-0.3, -0.25) is 4.79 Å². The molecule has 1 aromatic carbocycles. The molecule has 0 aliphatic heterocycles.